The topological polar surface area (TPSA) is 58.6 Å². The van der Waals surface area contributed by atoms with Gasteiger partial charge in [0.25, 0.3) is 5.91 Å². The number of carbonyl (C=O) groups is 2. The molecule has 2 atom stereocenters. The third-order valence-corrected chi connectivity index (χ3v) is 6.17. The predicted octanol–water partition coefficient (Wildman–Crippen LogP) is 5.37. The fourth-order valence-electron chi connectivity index (χ4n) is 3.54. The van der Waals surface area contributed by atoms with Crippen molar-refractivity contribution < 1.29 is 14.3 Å². The Labute approximate surface area is 197 Å². The van der Waals surface area contributed by atoms with Gasteiger partial charge < -0.3 is 15.0 Å². The average molecular weight is 459 g/mol. The van der Waals surface area contributed by atoms with E-state index in [9.17, 15) is 9.59 Å². The van der Waals surface area contributed by atoms with Crippen LogP contribution in [-0.2, 0) is 16.1 Å². The molecular formula is C26H35ClN2O3. The van der Waals surface area contributed by atoms with Crippen molar-refractivity contribution in [2.45, 2.75) is 73.0 Å². The monoisotopic (exact) mass is 458 g/mol. The number of nitrogens with one attached hydrogen (secondary N) is 1. The van der Waals surface area contributed by atoms with Gasteiger partial charge in [-0.05, 0) is 74.9 Å². The number of ether oxygens (including phenoxy) is 1. The van der Waals surface area contributed by atoms with E-state index in [1.807, 2.05) is 65.8 Å². The Morgan fingerprint density at radius 2 is 1.78 bits per heavy atom. The number of carbonyl (C=O) groups excluding carboxylic acids is 2. The van der Waals surface area contributed by atoms with E-state index in [1.54, 1.807) is 11.0 Å². The van der Waals surface area contributed by atoms with Crippen LogP contribution in [0.2, 0.25) is 5.02 Å². The standard InChI is InChI=1S/C26H35ClN2O3/c1-7-19(5)28-26(31)23(8-2)29(15-21-11-9-10-12-22(21)27)25(30)16-32-24-14-17(3)13-18(4)20(24)6/h9-14,19,23H,7-8,15-16H2,1-6H3,(H,28,31). The Kier molecular flexibility index (Phi) is 9.58. The molecule has 0 heterocycles. The highest BCUT2D eigenvalue weighted by molar-refractivity contribution is 6.31. The van der Waals surface area contributed by atoms with Crippen molar-refractivity contribution in [3.05, 3.63) is 63.7 Å². The number of hydrogen-bond donors (Lipinski definition) is 1. The van der Waals surface area contributed by atoms with Crippen molar-refractivity contribution in [3.63, 3.8) is 0 Å². The third-order valence-electron chi connectivity index (χ3n) is 5.80. The van der Waals surface area contributed by atoms with Crippen LogP contribution in [0.1, 0.15) is 55.9 Å². The van der Waals surface area contributed by atoms with Crippen molar-refractivity contribution in [2.75, 3.05) is 6.61 Å². The van der Waals surface area contributed by atoms with Crippen LogP contribution in [-0.4, -0.2) is 35.4 Å². The summed E-state index contributed by atoms with van der Waals surface area (Å²) in [5.74, 6) is 0.269. The second-order valence-corrected chi connectivity index (χ2v) is 8.76. The zero-order valence-corrected chi connectivity index (χ0v) is 20.8. The van der Waals surface area contributed by atoms with E-state index in [-0.39, 0.29) is 31.0 Å². The SMILES string of the molecule is CCC(C)NC(=O)C(CC)N(Cc1ccccc1Cl)C(=O)COc1cc(C)cc(C)c1C. The summed E-state index contributed by atoms with van der Waals surface area (Å²) in [6.45, 7) is 12.0. The van der Waals surface area contributed by atoms with Gasteiger partial charge in [0, 0.05) is 17.6 Å². The smallest absolute Gasteiger partial charge is 0.261 e. The predicted molar refractivity (Wildman–Crippen MR) is 130 cm³/mol. The van der Waals surface area contributed by atoms with Crippen LogP contribution in [0.5, 0.6) is 5.75 Å². The molecule has 174 valence electrons. The Morgan fingerprint density at radius 3 is 2.41 bits per heavy atom. The van der Waals surface area contributed by atoms with Gasteiger partial charge in [-0.25, -0.2) is 0 Å². The molecule has 2 unspecified atom stereocenters. The van der Waals surface area contributed by atoms with Crippen molar-refractivity contribution in [1.29, 1.82) is 0 Å². The van der Waals surface area contributed by atoms with Gasteiger partial charge in [-0.1, -0.05) is 49.7 Å². The lowest BCUT2D eigenvalue weighted by Gasteiger charge is -2.31. The lowest BCUT2D eigenvalue weighted by molar-refractivity contribution is -0.143. The summed E-state index contributed by atoms with van der Waals surface area (Å²) in [6, 6.07) is 10.8. The summed E-state index contributed by atoms with van der Waals surface area (Å²) in [4.78, 5) is 27.9. The molecule has 0 spiro atoms. The third kappa shape index (κ3) is 6.73. The molecule has 2 aromatic carbocycles. The summed E-state index contributed by atoms with van der Waals surface area (Å²) in [7, 11) is 0. The molecule has 2 aromatic rings. The maximum Gasteiger partial charge on any atom is 0.261 e. The van der Waals surface area contributed by atoms with Crippen LogP contribution in [0.15, 0.2) is 36.4 Å². The fraction of sp³-hybridized carbons (Fsp3) is 0.462. The highest BCUT2D eigenvalue weighted by atomic mass is 35.5. The molecule has 0 radical (unpaired) electrons. The molecule has 0 bridgehead atoms. The number of rotatable bonds is 10. The van der Waals surface area contributed by atoms with E-state index < -0.39 is 6.04 Å². The van der Waals surface area contributed by atoms with Gasteiger partial charge in [-0.15, -0.1) is 0 Å². The number of benzene rings is 2. The molecule has 0 aliphatic heterocycles. The Bertz CT molecular complexity index is 945. The largest absolute Gasteiger partial charge is 0.483 e. The van der Waals surface area contributed by atoms with Crippen molar-refractivity contribution >= 4 is 23.4 Å². The van der Waals surface area contributed by atoms with E-state index in [1.165, 1.54) is 0 Å². The van der Waals surface area contributed by atoms with Crippen molar-refractivity contribution in [1.82, 2.24) is 10.2 Å². The average Bonchev–Trinajstić information content (AvgIpc) is 2.75. The summed E-state index contributed by atoms with van der Waals surface area (Å²) in [6.07, 6.45) is 1.30. The molecule has 2 amide bonds. The highest BCUT2D eigenvalue weighted by Gasteiger charge is 2.30. The number of amides is 2. The van der Waals surface area contributed by atoms with E-state index in [0.29, 0.717) is 17.2 Å². The molecular weight excluding hydrogens is 424 g/mol. The molecule has 0 fully saturated rings. The fourth-order valence-corrected chi connectivity index (χ4v) is 3.74. The maximum atomic E-state index is 13.4. The minimum Gasteiger partial charge on any atom is -0.483 e. The molecule has 0 saturated carbocycles. The van der Waals surface area contributed by atoms with E-state index in [4.69, 9.17) is 16.3 Å². The first-order valence-electron chi connectivity index (χ1n) is 11.2. The number of nitrogens with zero attached hydrogens (tertiary/aromatic N) is 1. The Morgan fingerprint density at radius 1 is 1.09 bits per heavy atom. The first-order valence-corrected chi connectivity index (χ1v) is 11.6. The first-order chi connectivity index (χ1) is 15.2. The van der Waals surface area contributed by atoms with Gasteiger partial charge in [-0.2, -0.15) is 0 Å². The molecule has 0 aromatic heterocycles. The van der Waals surface area contributed by atoms with Gasteiger partial charge in [0.05, 0.1) is 0 Å². The zero-order chi connectivity index (χ0) is 23.8. The van der Waals surface area contributed by atoms with E-state index in [2.05, 4.69) is 11.4 Å². The highest BCUT2D eigenvalue weighted by Crippen LogP contribution is 2.24. The van der Waals surface area contributed by atoms with E-state index in [0.717, 1.165) is 28.7 Å². The van der Waals surface area contributed by atoms with Crippen LogP contribution >= 0.6 is 11.6 Å². The molecule has 5 nitrogen and oxygen atoms in total. The lowest BCUT2D eigenvalue weighted by atomic mass is 10.1. The Balaban J connectivity index is 2.29. The Hall–Kier alpha value is -2.53. The zero-order valence-electron chi connectivity index (χ0n) is 20.0. The minimum atomic E-state index is -0.614. The second kappa shape index (κ2) is 11.9. The van der Waals surface area contributed by atoms with Gasteiger partial charge >= 0.3 is 0 Å². The first kappa shape index (κ1) is 25.7. The summed E-state index contributed by atoms with van der Waals surface area (Å²) in [5.41, 5.74) is 3.98. The van der Waals surface area contributed by atoms with Crippen LogP contribution in [0.25, 0.3) is 0 Å². The van der Waals surface area contributed by atoms with Crippen LogP contribution in [0.3, 0.4) is 0 Å². The van der Waals surface area contributed by atoms with Gasteiger partial charge in [0.1, 0.15) is 11.8 Å². The summed E-state index contributed by atoms with van der Waals surface area (Å²) in [5, 5.41) is 3.57. The molecule has 32 heavy (non-hydrogen) atoms. The normalized spacial score (nSPS) is 12.7. The van der Waals surface area contributed by atoms with Crippen molar-refractivity contribution in [3.8, 4) is 5.75 Å². The molecule has 0 saturated heterocycles. The lowest BCUT2D eigenvalue weighted by Crippen LogP contribution is -2.51. The second-order valence-electron chi connectivity index (χ2n) is 8.35. The molecule has 1 N–H and O–H groups in total. The van der Waals surface area contributed by atoms with Gasteiger partial charge in [0.15, 0.2) is 6.61 Å². The minimum absolute atomic E-state index is 0.0305. The molecule has 0 aliphatic rings. The van der Waals surface area contributed by atoms with Crippen molar-refractivity contribution in [2.24, 2.45) is 0 Å². The van der Waals surface area contributed by atoms with Gasteiger partial charge in [0.2, 0.25) is 5.91 Å². The molecule has 0 aliphatic carbocycles. The van der Waals surface area contributed by atoms with E-state index >= 15 is 0 Å². The summed E-state index contributed by atoms with van der Waals surface area (Å²) >= 11 is 6.37. The quantitative estimate of drug-likeness (QED) is 0.521. The van der Waals surface area contributed by atoms with Crippen LogP contribution < -0.4 is 10.1 Å². The number of hydrogen-bond acceptors (Lipinski definition) is 3. The molecule has 6 heteroatoms. The van der Waals surface area contributed by atoms with Crippen LogP contribution in [0, 0.1) is 20.8 Å². The summed E-state index contributed by atoms with van der Waals surface area (Å²) < 4.78 is 5.93. The number of aryl methyl sites for hydroxylation is 2. The molecule has 2 rings (SSSR count). The maximum absolute atomic E-state index is 13.4. The van der Waals surface area contributed by atoms with Crippen LogP contribution in [0.4, 0.5) is 0 Å². The van der Waals surface area contributed by atoms with Gasteiger partial charge in [-0.3, -0.25) is 9.59 Å². The number of halogens is 1.